The highest BCUT2D eigenvalue weighted by Gasteiger charge is 2.30. The molecule has 0 aromatic carbocycles. The summed E-state index contributed by atoms with van der Waals surface area (Å²) in [5.41, 5.74) is 0.499. The van der Waals surface area contributed by atoms with Crippen molar-refractivity contribution in [1.29, 1.82) is 0 Å². The maximum absolute atomic E-state index is 11.8. The van der Waals surface area contributed by atoms with Crippen molar-refractivity contribution >= 4 is 6.09 Å². The molecule has 6 heteroatoms. The van der Waals surface area contributed by atoms with E-state index in [4.69, 9.17) is 4.74 Å². The average molecular weight is 306 g/mol. The minimum atomic E-state index is -0.466. The molecule has 2 heterocycles. The second kappa shape index (κ2) is 7.05. The average Bonchev–Trinajstić information content (AvgIpc) is 2.92. The molecule has 22 heavy (non-hydrogen) atoms. The Kier molecular flexibility index (Phi) is 5.34. The van der Waals surface area contributed by atoms with Crippen molar-refractivity contribution in [3.05, 3.63) is 24.3 Å². The zero-order chi connectivity index (χ0) is 16.2. The number of nitrogens with zero attached hydrogens (tertiary/aromatic N) is 3. The Hall–Kier alpha value is -1.69. The molecule has 0 bridgehead atoms. The van der Waals surface area contributed by atoms with E-state index in [2.05, 4.69) is 27.1 Å². The fourth-order valence-corrected chi connectivity index (χ4v) is 2.80. The van der Waals surface area contributed by atoms with Gasteiger partial charge in [0.05, 0.1) is 11.7 Å². The van der Waals surface area contributed by atoms with Gasteiger partial charge in [0, 0.05) is 31.2 Å². The van der Waals surface area contributed by atoms with Crippen LogP contribution < -0.4 is 5.32 Å². The third kappa shape index (κ3) is 4.66. The van der Waals surface area contributed by atoms with Crippen molar-refractivity contribution in [2.45, 2.75) is 58.2 Å². The molecule has 6 nitrogen and oxygen atoms in total. The predicted molar refractivity (Wildman–Crippen MR) is 84.4 cm³/mol. The van der Waals surface area contributed by atoms with Crippen LogP contribution in [0.1, 0.15) is 52.3 Å². The van der Waals surface area contributed by atoms with Crippen LogP contribution >= 0.6 is 0 Å². The highest BCUT2D eigenvalue weighted by atomic mass is 16.6. The van der Waals surface area contributed by atoms with E-state index in [0.29, 0.717) is 12.6 Å². The van der Waals surface area contributed by atoms with Crippen molar-refractivity contribution in [1.82, 2.24) is 20.2 Å². The first-order chi connectivity index (χ1) is 10.4. The molecule has 122 valence electrons. The molecule has 1 fully saturated rings. The molecule has 1 saturated heterocycles. The van der Waals surface area contributed by atoms with Crippen molar-refractivity contribution in [3.8, 4) is 0 Å². The van der Waals surface area contributed by atoms with Crippen LogP contribution in [0.3, 0.4) is 0 Å². The lowest BCUT2D eigenvalue weighted by Gasteiger charge is -2.30. The first-order valence-electron chi connectivity index (χ1n) is 7.85. The molecular formula is C16H26N4O2. The monoisotopic (exact) mass is 306 g/mol. The lowest BCUT2D eigenvalue weighted by molar-refractivity contribution is 0.0507. The molecule has 0 radical (unpaired) electrons. The minimum Gasteiger partial charge on any atom is -0.444 e. The quantitative estimate of drug-likeness (QED) is 0.926. The lowest BCUT2D eigenvalue weighted by Crippen LogP contribution is -2.43. The lowest BCUT2D eigenvalue weighted by atomic mass is 10.1. The van der Waals surface area contributed by atoms with Crippen LogP contribution in [0, 0.1) is 0 Å². The number of carbonyl (C=O) groups is 1. The molecule has 1 amide bonds. The summed E-state index contributed by atoms with van der Waals surface area (Å²) >= 11 is 0. The zero-order valence-corrected chi connectivity index (χ0v) is 13.9. The van der Waals surface area contributed by atoms with E-state index in [1.165, 1.54) is 0 Å². The van der Waals surface area contributed by atoms with Crippen molar-refractivity contribution < 1.29 is 9.53 Å². The number of carbonyl (C=O) groups excluding carboxylic acids is 1. The number of nitrogens with one attached hydrogen (secondary N) is 1. The Bertz CT molecular complexity index is 487. The Labute approximate surface area is 132 Å². The number of likely N-dealkylation sites (tertiary alicyclic amines) is 1. The number of alkyl carbamates (subject to hydrolysis) is 1. The van der Waals surface area contributed by atoms with E-state index in [9.17, 15) is 4.79 Å². The molecule has 0 spiro atoms. The summed E-state index contributed by atoms with van der Waals surface area (Å²) in [4.78, 5) is 22.7. The first kappa shape index (κ1) is 16.7. The van der Waals surface area contributed by atoms with Gasteiger partial charge in [-0.25, -0.2) is 4.79 Å². The van der Waals surface area contributed by atoms with Crippen LogP contribution in [0.4, 0.5) is 4.79 Å². The van der Waals surface area contributed by atoms with Crippen molar-refractivity contribution in [2.24, 2.45) is 0 Å². The molecule has 1 N–H and O–H groups in total. The first-order valence-corrected chi connectivity index (χ1v) is 7.85. The van der Waals surface area contributed by atoms with Crippen LogP contribution in [0.5, 0.6) is 0 Å². The number of hydrogen-bond donors (Lipinski definition) is 1. The third-order valence-electron chi connectivity index (χ3n) is 3.81. The second-order valence-electron chi connectivity index (χ2n) is 6.72. The largest absolute Gasteiger partial charge is 0.444 e. The maximum atomic E-state index is 11.8. The Morgan fingerprint density at radius 2 is 2.27 bits per heavy atom. The normalized spacial score (nSPS) is 20.6. The van der Waals surface area contributed by atoms with Gasteiger partial charge in [-0.15, -0.1) is 0 Å². The summed E-state index contributed by atoms with van der Waals surface area (Å²) < 4.78 is 5.29. The SMILES string of the molecule is C[C@H](c1cnccn1)N1CCC[C@@H]1CNC(=O)OC(C)(C)C. The van der Waals surface area contributed by atoms with Gasteiger partial charge in [0.1, 0.15) is 5.60 Å². The topological polar surface area (TPSA) is 67.4 Å². The van der Waals surface area contributed by atoms with E-state index in [-0.39, 0.29) is 12.1 Å². The number of aromatic nitrogens is 2. The van der Waals surface area contributed by atoms with Gasteiger partial charge in [0.2, 0.25) is 0 Å². The Morgan fingerprint density at radius 3 is 2.91 bits per heavy atom. The van der Waals surface area contributed by atoms with E-state index in [1.807, 2.05) is 20.8 Å². The summed E-state index contributed by atoms with van der Waals surface area (Å²) in [5.74, 6) is 0. The van der Waals surface area contributed by atoms with Crippen molar-refractivity contribution in [2.75, 3.05) is 13.1 Å². The number of hydrogen-bond acceptors (Lipinski definition) is 5. The second-order valence-corrected chi connectivity index (χ2v) is 6.72. The van der Waals surface area contributed by atoms with E-state index in [0.717, 1.165) is 25.1 Å². The molecule has 0 aliphatic carbocycles. The molecule has 1 aromatic rings. The highest BCUT2D eigenvalue weighted by molar-refractivity contribution is 5.67. The highest BCUT2D eigenvalue weighted by Crippen LogP contribution is 2.27. The molecule has 2 rings (SSSR count). The zero-order valence-electron chi connectivity index (χ0n) is 13.9. The third-order valence-corrected chi connectivity index (χ3v) is 3.81. The fourth-order valence-electron chi connectivity index (χ4n) is 2.80. The van der Waals surface area contributed by atoms with Crippen LogP contribution in [0.2, 0.25) is 0 Å². The molecule has 1 aliphatic heterocycles. The minimum absolute atomic E-state index is 0.196. The number of amides is 1. The summed E-state index contributed by atoms with van der Waals surface area (Å²) in [6.45, 7) is 9.34. The summed E-state index contributed by atoms with van der Waals surface area (Å²) in [5, 5.41) is 2.88. The molecule has 0 unspecified atom stereocenters. The Morgan fingerprint density at radius 1 is 1.50 bits per heavy atom. The molecule has 2 atom stereocenters. The van der Waals surface area contributed by atoms with E-state index >= 15 is 0 Å². The van der Waals surface area contributed by atoms with Gasteiger partial charge in [-0.05, 0) is 47.1 Å². The smallest absolute Gasteiger partial charge is 0.407 e. The summed E-state index contributed by atoms with van der Waals surface area (Å²) in [7, 11) is 0. The molecular weight excluding hydrogens is 280 g/mol. The standard InChI is InChI=1S/C16H26N4O2/c1-12(14-11-17-7-8-18-14)20-9-5-6-13(20)10-19-15(21)22-16(2,3)4/h7-8,11-13H,5-6,9-10H2,1-4H3,(H,19,21)/t12-,13-/m1/s1. The number of ether oxygens (including phenoxy) is 1. The van der Waals surface area contributed by atoms with Gasteiger partial charge in [-0.2, -0.15) is 0 Å². The summed E-state index contributed by atoms with van der Waals surface area (Å²) in [6.07, 6.45) is 7.05. The number of rotatable bonds is 4. The maximum Gasteiger partial charge on any atom is 0.407 e. The predicted octanol–water partition coefficient (Wildman–Crippen LogP) is 2.53. The van der Waals surface area contributed by atoms with Crippen LogP contribution in [0.15, 0.2) is 18.6 Å². The van der Waals surface area contributed by atoms with Gasteiger partial charge in [-0.3, -0.25) is 14.9 Å². The van der Waals surface area contributed by atoms with Gasteiger partial charge < -0.3 is 10.1 Å². The van der Waals surface area contributed by atoms with Crippen LogP contribution in [0.25, 0.3) is 0 Å². The van der Waals surface area contributed by atoms with Crippen LogP contribution in [-0.2, 0) is 4.74 Å². The van der Waals surface area contributed by atoms with Gasteiger partial charge in [0.15, 0.2) is 0 Å². The molecule has 0 saturated carbocycles. The fraction of sp³-hybridized carbons (Fsp3) is 0.688. The van der Waals surface area contributed by atoms with Gasteiger partial charge in [-0.1, -0.05) is 0 Å². The van der Waals surface area contributed by atoms with Gasteiger partial charge in [0.25, 0.3) is 0 Å². The molecule has 1 aromatic heterocycles. The van der Waals surface area contributed by atoms with Gasteiger partial charge >= 0.3 is 6.09 Å². The van der Waals surface area contributed by atoms with E-state index < -0.39 is 5.60 Å². The van der Waals surface area contributed by atoms with E-state index in [1.54, 1.807) is 18.6 Å². The van der Waals surface area contributed by atoms with Crippen LogP contribution in [-0.4, -0.2) is 45.7 Å². The Balaban J connectivity index is 1.90. The molecule has 1 aliphatic rings. The van der Waals surface area contributed by atoms with Crippen molar-refractivity contribution in [3.63, 3.8) is 0 Å². The summed E-state index contributed by atoms with van der Waals surface area (Å²) in [6, 6.07) is 0.506.